The van der Waals surface area contributed by atoms with Crippen LogP contribution >= 0.6 is 0 Å². The molecule has 1 amide bonds. The van der Waals surface area contributed by atoms with Crippen LogP contribution in [0.25, 0.3) is 0 Å². The molecule has 0 saturated heterocycles. The van der Waals surface area contributed by atoms with E-state index in [4.69, 9.17) is 0 Å². The Hall–Kier alpha value is -2.83. The third-order valence-electron chi connectivity index (χ3n) is 4.80. The summed E-state index contributed by atoms with van der Waals surface area (Å²) in [6, 6.07) is 11.5. The molecule has 4 nitrogen and oxygen atoms in total. The Morgan fingerprint density at radius 2 is 1.68 bits per heavy atom. The molecule has 0 aliphatic heterocycles. The van der Waals surface area contributed by atoms with Gasteiger partial charge in [0.1, 0.15) is 0 Å². The lowest BCUT2D eigenvalue weighted by molar-refractivity contribution is -0.137. The van der Waals surface area contributed by atoms with Gasteiger partial charge in [-0.1, -0.05) is 30.3 Å². The average Bonchev–Trinajstić information content (AvgIpc) is 3.49. The molecule has 1 aliphatic rings. The maximum atomic E-state index is 12.7. The molecule has 148 valence electrons. The largest absolute Gasteiger partial charge is 0.478 e. The lowest BCUT2D eigenvalue weighted by Crippen LogP contribution is -2.32. The first-order valence-corrected chi connectivity index (χ1v) is 9.02. The first-order chi connectivity index (χ1) is 13.3. The van der Waals surface area contributed by atoms with Crippen LogP contribution in [-0.4, -0.2) is 27.9 Å². The molecule has 0 spiro atoms. The Kier molecular flexibility index (Phi) is 5.72. The molecule has 7 heteroatoms. The smallest absolute Gasteiger partial charge is 0.416 e. The quantitative estimate of drug-likeness (QED) is 0.755. The Labute approximate surface area is 160 Å². The van der Waals surface area contributed by atoms with Crippen molar-refractivity contribution in [3.63, 3.8) is 0 Å². The topological polar surface area (TPSA) is 57.6 Å². The summed E-state index contributed by atoms with van der Waals surface area (Å²) >= 11 is 0. The van der Waals surface area contributed by atoms with E-state index in [0.717, 1.165) is 25.0 Å². The minimum Gasteiger partial charge on any atom is -0.478 e. The highest BCUT2D eigenvalue weighted by Crippen LogP contribution is 2.31. The van der Waals surface area contributed by atoms with E-state index in [2.05, 4.69) is 0 Å². The number of nitrogens with zero attached hydrogens (tertiary/aromatic N) is 1. The van der Waals surface area contributed by atoms with Gasteiger partial charge in [-0.05, 0) is 48.6 Å². The minimum atomic E-state index is -4.39. The summed E-state index contributed by atoms with van der Waals surface area (Å²) in [5.74, 6) is -1.16. The van der Waals surface area contributed by atoms with Crippen LogP contribution in [0.4, 0.5) is 13.2 Å². The molecule has 3 rings (SSSR count). The lowest BCUT2D eigenvalue weighted by Gasteiger charge is -2.23. The normalized spacial score (nSPS) is 14.0. The van der Waals surface area contributed by atoms with Gasteiger partial charge in [0.15, 0.2) is 0 Å². The second-order valence-electron chi connectivity index (χ2n) is 6.91. The van der Waals surface area contributed by atoms with E-state index in [1.807, 2.05) is 0 Å². The van der Waals surface area contributed by atoms with E-state index in [0.29, 0.717) is 17.5 Å². The van der Waals surface area contributed by atoms with E-state index in [1.165, 1.54) is 18.2 Å². The minimum absolute atomic E-state index is 0.101. The number of aromatic carboxylic acids is 1. The van der Waals surface area contributed by atoms with Crippen molar-refractivity contribution in [2.24, 2.45) is 0 Å². The SMILES string of the molecule is O=C(O)c1ccccc1CCC(=O)N(Cc1ccc(C(F)(F)F)cc1)C1CC1. The molecule has 0 heterocycles. The van der Waals surface area contributed by atoms with Crippen molar-refractivity contribution in [1.29, 1.82) is 0 Å². The zero-order valence-electron chi connectivity index (χ0n) is 15.1. The molecular formula is C21H20F3NO3. The number of hydrogen-bond donors (Lipinski definition) is 1. The monoisotopic (exact) mass is 391 g/mol. The van der Waals surface area contributed by atoms with Crippen molar-refractivity contribution in [2.75, 3.05) is 0 Å². The van der Waals surface area contributed by atoms with Gasteiger partial charge in [0.2, 0.25) is 5.91 Å². The molecule has 0 radical (unpaired) electrons. The fourth-order valence-electron chi connectivity index (χ4n) is 3.14. The Morgan fingerprint density at radius 1 is 1.04 bits per heavy atom. The number of alkyl halides is 3. The fourth-order valence-corrected chi connectivity index (χ4v) is 3.14. The van der Waals surface area contributed by atoms with Crippen molar-refractivity contribution in [3.8, 4) is 0 Å². The van der Waals surface area contributed by atoms with E-state index < -0.39 is 17.7 Å². The van der Waals surface area contributed by atoms with E-state index in [9.17, 15) is 27.9 Å². The molecule has 0 aromatic heterocycles. The number of amides is 1. The lowest BCUT2D eigenvalue weighted by atomic mass is 10.0. The van der Waals surface area contributed by atoms with Crippen molar-refractivity contribution in [1.82, 2.24) is 4.90 Å². The summed E-state index contributed by atoms with van der Waals surface area (Å²) in [4.78, 5) is 25.7. The molecule has 1 fully saturated rings. The van der Waals surface area contributed by atoms with Gasteiger partial charge in [-0.2, -0.15) is 13.2 Å². The second-order valence-corrected chi connectivity index (χ2v) is 6.91. The first kappa shape index (κ1) is 19.9. The van der Waals surface area contributed by atoms with Gasteiger partial charge in [0.05, 0.1) is 11.1 Å². The molecule has 0 atom stereocenters. The van der Waals surface area contributed by atoms with Gasteiger partial charge in [-0.15, -0.1) is 0 Å². The second kappa shape index (κ2) is 8.04. The number of halogens is 3. The van der Waals surface area contributed by atoms with E-state index >= 15 is 0 Å². The van der Waals surface area contributed by atoms with Crippen molar-refractivity contribution in [2.45, 2.75) is 44.4 Å². The summed E-state index contributed by atoms with van der Waals surface area (Å²) in [6.07, 6.45) is -2.18. The number of carboxylic acid groups (broad SMARTS) is 1. The highest BCUT2D eigenvalue weighted by molar-refractivity contribution is 5.89. The van der Waals surface area contributed by atoms with Crippen molar-refractivity contribution < 1.29 is 27.9 Å². The first-order valence-electron chi connectivity index (χ1n) is 9.02. The molecule has 1 saturated carbocycles. The third kappa shape index (κ3) is 4.91. The van der Waals surface area contributed by atoms with Crippen LogP contribution in [0.5, 0.6) is 0 Å². The maximum Gasteiger partial charge on any atom is 0.416 e. The number of benzene rings is 2. The van der Waals surface area contributed by atoms with Gasteiger partial charge < -0.3 is 10.0 Å². The van der Waals surface area contributed by atoms with Gasteiger partial charge in [0, 0.05) is 19.0 Å². The molecule has 28 heavy (non-hydrogen) atoms. The van der Waals surface area contributed by atoms with Crippen LogP contribution in [0.3, 0.4) is 0 Å². The predicted molar refractivity (Wildman–Crippen MR) is 96.7 cm³/mol. The van der Waals surface area contributed by atoms with Crippen LogP contribution in [0.2, 0.25) is 0 Å². The predicted octanol–water partition coefficient (Wildman–Crippen LogP) is 4.53. The van der Waals surface area contributed by atoms with Crippen LogP contribution < -0.4 is 0 Å². The van der Waals surface area contributed by atoms with Crippen molar-refractivity contribution >= 4 is 11.9 Å². The van der Waals surface area contributed by atoms with Gasteiger partial charge >= 0.3 is 12.1 Å². The Bertz CT molecular complexity index is 858. The molecule has 0 bridgehead atoms. The third-order valence-corrected chi connectivity index (χ3v) is 4.80. The Morgan fingerprint density at radius 3 is 2.25 bits per heavy atom. The molecule has 0 unspecified atom stereocenters. The molecule has 2 aromatic rings. The highest BCUT2D eigenvalue weighted by Gasteiger charge is 2.33. The maximum absolute atomic E-state index is 12.7. The fraction of sp³-hybridized carbons (Fsp3) is 0.333. The van der Waals surface area contributed by atoms with Crippen LogP contribution in [0.15, 0.2) is 48.5 Å². The number of carbonyl (C=O) groups excluding carboxylic acids is 1. The molecule has 1 aliphatic carbocycles. The van der Waals surface area contributed by atoms with E-state index in [1.54, 1.807) is 23.1 Å². The molecule has 1 N–H and O–H groups in total. The highest BCUT2D eigenvalue weighted by atomic mass is 19.4. The number of hydrogen-bond acceptors (Lipinski definition) is 2. The van der Waals surface area contributed by atoms with Crippen LogP contribution in [0.1, 0.15) is 46.3 Å². The molecular weight excluding hydrogens is 371 g/mol. The summed E-state index contributed by atoms with van der Waals surface area (Å²) in [6.45, 7) is 0.252. The Balaban J connectivity index is 1.66. The van der Waals surface area contributed by atoms with Gasteiger partial charge in [-0.3, -0.25) is 4.79 Å². The molecule has 2 aromatic carbocycles. The summed E-state index contributed by atoms with van der Waals surface area (Å²) in [7, 11) is 0. The summed E-state index contributed by atoms with van der Waals surface area (Å²) < 4.78 is 38.1. The number of aryl methyl sites for hydroxylation is 1. The zero-order chi connectivity index (χ0) is 20.3. The standard InChI is InChI=1S/C21H20F3NO3/c22-21(23,24)16-8-5-14(6-9-16)13-25(17-10-11-17)19(26)12-7-15-3-1-2-4-18(15)20(27)28/h1-6,8-9,17H,7,10-13H2,(H,27,28). The number of carbonyl (C=O) groups is 2. The number of rotatable bonds is 7. The average molecular weight is 391 g/mol. The van der Waals surface area contributed by atoms with Gasteiger partial charge in [-0.25, -0.2) is 4.79 Å². The van der Waals surface area contributed by atoms with Crippen molar-refractivity contribution in [3.05, 3.63) is 70.8 Å². The van der Waals surface area contributed by atoms with E-state index in [-0.39, 0.29) is 30.5 Å². The van der Waals surface area contributed by atoms with Gasteiger partial charge in [0.25, 0.3) is 0 Å². The zero-order valence-corrected chi connectivity index (χ0v) is 15.1. The van der Waals surface area contributed by atoms with Crippen LogP contribution in [-0.2, 0) is 23.9 Å². The summed E-state index contributed by atoms with van der Waals surface area (Å²) in [5, 5.41) is 9.24. The number of carboxylic acids is 1. The summed E-state index contributed by atoms with van der Waals surface area (Å²) in [5.41, 5.74) is 0.689. The van der Waals surface area contributed by atoms with Crippen LogP contribution in [0, 0.1) is 0 Å².